The average molecular weight is 977 g/mol. The molecule has 2 saturated heterocycles. The molecule has 0 radical (unpaired) electrons. The minimum absolute atomic E-state index is 0.0751. The van der Waals surface area contributed by atoms with Gasteiger partial charge in [0.05, 0.1) is 24.6 Å². The van der Waals surface area contributed by atoms with Gasteiger partial charge in [-0.3, -0.25) is 14.4 Å². The average Bonchev–Trinajstić information content (AvgIpc) is 3.90. The van der Waals surface area contributed by atoms with Crippen molar-refractivity contribution < 1.29 is 23.9 Å². The number of rotatable bonds is 14. The maximum Gasteiger partial charge on any atom is 0.254 e. The molecule has 5 heterocycles. The van der Waals surface area contributed by atoms with Gasteiger partial charge < -0.3 is 45.0 Å². The van der Waals surface area contributed by atoms with E-state index in [4.69, 9.17) is 26.1 Å². The summed E-state index contributed by atoms with van der Waals surface area (Å²) in [6.07, 6.45) is 13.8. The predicted octanol–water partition coefficient (Wildman–Crippen LogP) is 8.21. The van der Waals surface area contributed by atoms with Gasteiger partial charge in [0.25, 0.3) is 11.8 Å². The number of likely N-dealkylation sites (tertiary alicyclic amines) is 1. The molecule has 3 amide bonds. The molecule has 0 unspecified atom stereocenters. The van der Waals surface area contributed by atoms with Gasteiger partial charge in [0.15, 0.2) is 5.82 Å². The Morgan fingerprint density at radius 3 is 2.19 bits per heavy atom. The molecular weight excluding hydrogens is 906 g/mol. The molecule has 2 aliphatic carbocycles. The van der Waals surface area contributed by atoms with Crippen LogP contribution >= 0.6 is 11.6 Å². The zero-order valence-electron chi connectivity index (χ0n) is 42.1. The largest absolute Gasteiger partial charge is 0.495 e. The molecule has 374 valence electrons. The van der Waals surface area contributed by atoms with Crippen molar-refractivity contribution in [2.45, 2.75) is 130 Å². The van der Waals surface area contributed by atoms with E-state index < -0.39 is 0 Å². The normalized spacial score (nSPS) is 22.8. The van der Waals surface area contributed by atoms with Crippen LogP contribution in [0.25, 0.3) is 0 Å². The number of amides is 3. The summed E-state index contributed by atoms with van der Waals surface area (Å²) in [6.45, 7) is 17.1. The van der Waals surface area contributed by atoms with E-state index in [1.54, 1.807) is 49.8 Å². The fourth-order valence-corrected chi connectivity index (χ4v) is 12.3. The topological polar surface area (TPSA) is 170 Å². The maximum absolute atomic E-state index is 13.6. The Hall–Kier alpha value is -5.74. The third-order valence-corrected chi connectivity index (χ3v) is 16.3. The summed E-state index contributed by atoms with van der Waals surface area (Å²) in [7, 11) is 3.38. The van der Waals surface area contributed by atoms with Crippen molar-refractivity contribution in [3.8, 4) is 11.5 Å². The quantitative estimate of drug-likeness (QED) is 0.111. The third-order valence-electron chi connectivity index (χ3n) is 15.9. The van der Waals surface area contributed by atoms with Gasteiger partial charge in [-0.25, -0.2) is 15.0 Å². The number of carbonyl (C=O) groups is 3. The van der Waals surface area contributed by atoms with Gasteiger partial charge in [-0.2, -0.15) is 4.98 Å². The van der Waals surface area contributed by atoms with Crippen LogP contribution in [0.4, 0.5) is 29.1 Å². The summed E-state index contributed by atoms with van der Waals surface area (Å²) in [6, 6.07) is 11.1. The maximum atomic E-state index is 13.6. The predicted molar refractivity (Wildman–Crippen MR) is 274 cm³/mol. The molecule has 1 atom stereocenters. The van der Waals surface area contributed by atoms with Crippen molar-refractivity contribution in [2.24, 2.45) is 16.7 Å². The highest BCUT2D eigenvalue weighted by Gasteiger charge is 2.64. The number of nitrogens with one attached hydrogen (secondary N) is 3. The minimum atomic E-state index is -0.322. The molecule has 0 bridgehead atoms. The number of methoxy groups -OCH3 is 1. The van der Waals surface area contributed by atoms with E-state index in [1.165, 1.54) is 0 Å². The van der Waals surface area contributed by atoms with Gasteiger partial charge in [0, 0.05) is 91.7 Å². The molecule has 5 aliphatic rings. The first-order valence-corrected chi connectivity index (χ1v) is 25.6. The van der Waals surface area contributed by atoms with Gasteiger partial charge in [-0.05, 0) is 93.7 Å². The zero-order chi connectivity index (χ0) is 49.5. The monoisotopic (exact) mass is 976 g/mol. The van der Waals surface area contributed by atoms with Gasteiger partial charge in [-0.15, -0.1) is 0 Å². The zero-order valence-corrected chi connectivity index (χ0v) is 42.8. The van der Waals surface area contributed by atoms with Crippen molar-refractivity contribution in [3.05, 3.63) is 76.7 Å². The minimum Gasteiger partial charge on any atom is -0.495 e. The smallest absolute Gasteiger partial charge is 0.254 e. The van der Waals surface area contributed by atoms with Gasteiger partial charge in [0.1, 0.15) is 29.3 Å². The Bertz CT molecular complexity index is 2540. The summed E-state index contributed by atoms with van der Waals surface area (Å²) in [4.78, 5) is 67.9. The molecule has 2 aromatic heterocycles. The summed E-state index contributed by atoms with van der Waals surface area (Å²) in [5.41, 5.74) is 2.67. The number of fused-ring (bicyclic) bond motifs is 1. The second kappa shape index (κ2) is 20.2. The second-order valence-electron chi connectivity index (χ2n) is 21.3. The number of hydrogen-bond acceptors (Lipinski definition) is 13. The van der Waals surface area contributed by atoms with Crippen LogP contribution in [-0.2, 0) is 4.79 Å². The fraction of sp³-hybridized carbons (Fsp3) is 0.566. The Morgan fingerprint density at radius 1 is 0.843 bits per heavy atom. The highest BCUT2D eigenvalue weighted by atomic mass is 35.5. The van der Waals surface area contributed by atoms with Crippen LogP contribution in [0.5, 0.6) is 11.5 Å². The van der Waals surface area contributed by atoms with Crippen molar-refractivity contribution in [2.75, 3.05) is 66.9 Å². The van der Waals surface area contributed by atoms with E-state index in [-0.39, 0.29) is 58.8 Å². The van der Waals surface area contributed by atoms with Gasteiger partial charge in [-0.1, -0.05) is 65.1 Å². The molecule has 9 rings (SSSR count). The van der Waals surface area contributed by atoms with Crippen molar-refractivity contribution >= 4 is 58.4 Å². The molecule has 4 aromatic rings. The first-order valence-electron chi connectivity index (χ1n) is 25.3. The molecule has 3 aliphatic heterocycles. The first kappa shape index (κ1) is 49.2. The molecular formula is C53H70ClN11O5. The van der Waals surface area contributed by atoms with Crippen LogP contribution in [0, 0.1) is 23.7 Å². The summed E-state index contributed by atoms with van der Waals surface area (Å²) in [5.74, 6) is 3.38. The van der Waals surface area contributed by atoms with E-state index in [1.807, 2.05) is 31.2 Å². The van der Waals surface area contributed by atoms with Crippen LogP contribution in [-0.4, -0.2) is 120 Å². The fourth-order valence-electron chi connectivity index (χ4n) is 12.1. The Labute approximate surface area is 417 Å². The lowest BCUT2D eigenvalue weighted by atomic mass is 9.49. The van der Waals surface area contributed by atoms with Crippen LogP contribution in [0.3, 0.4) is 0 Å². The van der Waals surface area contributed by atoms with E-state index in [2.05, 4.69) is 80.2 Å². The molecule has 3 N–H and O–H groups in total. The Morgan fingerprint density at radius 2 is 1.53 bits per heavy atom. The molecule has 0 spiro atoms. The number of nitrogens with zero attached hydrogens (tertiary/aromatic N) is 8. The summed E-state index contributed by atoms with van der Waals surface area (Å²) in [5, 5.41) is 10.5. The number of carbonyl (C=O) groups excluding carboxylic acids is 3. The SMILES string of the molecule is CC[C@@H]1C(=O)N(C)c2cnc(Nc3ccc(C(=O)NC4CCN(CC5CCN(c6ncc(C(=O)NC7C(C)(C)C(Oc8ccc(C)c(Cl)c8)C7(C)C)cn6)CC5)CC4)cc3OC)nc2N1C1CCCC1. The lowest BCUT2D eigenvalue weighted by molar-refractivity contribution is -0.164. The lowest BCUT2D eigenvalue weighted by Gasteiger charge is -2.63. The van der Waals surface area contributed by atoms with Crippen molar-refractivity contribution in [1.29, 1.82) is 0 Å². The number of ether oxygens (including phenoxy) is 2. The number of halogens is 1. The van der Waals surface area contributed by atoms with E-state index in [0.717, 1.165) is 101 Å². The third kappa shape index (κ3) is 9.82. The number of aromatic nitrogens is 4. The molecule has 17 heteroatoms. The number of hydrogen-bond donors (Lipinski definition) is 3. The summed E-state index contributed by atoms with van der Waals surface area (Å²) >= 11 is 6.37. The van der Waals surface area contributed by atoms with Crippen LogP contribution in [0.15, 0.2) is 55.0 Å². The van der Waals surface area contributed by atoms with Crippen LogP contribution < -0.4 is 40.1 Å². The van der Waals surface area contributed by atoms with Crippen molar-refractivity contribution in [3.63, 3.8) is 0 Å². The molecule has 70 heavy (non-hydrogen) atoms. The number of piperidine rings is 2. The molecule has 16 nitrogen and oxygen atoms in total. The molecule has 2 aromatic carbocycles. The second-order valence-corrected chi connectivity index (χ2v) is 21.7. The van der Waals surface area contributed by atoms with E-state index in [9.17, 15) is 14.4 Å². The van der Waals surface area contributed by atoms with Crippen LogP contribution in [0.2, 0.25) is 5.02 Å². The summed E-state index contributed by atoms with van der Waals surface area (Å²) < 4.78 is 12.2. The van der Waals surface area contributed by atoms with Crippen molar-refractivity contribution in [1.82, 2.24) is 35.5 Å². The highest BCUT2D eigenvalue weighted by molar-refractivity contribution is 6.31. The number of likely N-dealkylation sites (N-methyl/N-ethyl adjacent to an activating group) is 1. The van der Waals surface area contributed by atoms with Crippen LogP contribution in [0.1, 0.15) is 119 Å². The molecule has 2 saturated carbocycles. The standard InChI is InChI=1S/C53H70ClN11O5/c1-9-41-47(68)62(7)42-30-55-50(60-44(42)65(41)37-12-10-11-13-37)59-40-17-15-34(26-43(40)69-8)45(66)58-36-20-22-63(23-21-36)31-33-18-24-64(25-19-33)51-56-28-35(29-57-51)46(67)61-48-52(3,4)49(53(48,5)6)70-38-16-14-32(2)39(54)27-38/h14-17,26-30,33,36-37,41,48-49H,9-13,18-25,31H2,1-8H3,(H,58,66)(H,61,67)(H,55,59,60)/t41-,48?,49?/m1/s1. The number of benzene rings is 2. The highest BCUT2D eigenvalue weighted by Crippen LogP contribution is 2.55. The van der Waals surface area contributed by atoms with E-state index >= 15 is 0 Å². The lowest BCUT2D eigenvalue weighted by Crippen LogP contribution is -2.74. The molecule has 4 fully saturated rings. The van der Waals surface area contributed by atoms with Gasteiger partial charge in [0.2, 0.25) is 17.8 Å². The Kier molecular flexibility index (Phi) is 14.2. The van der Waals surface area contributed by atoms with E-state index in [0.29, 0.717) is 57.5 Å². The Balaban J connectivity index is 0.718. The number of anilines is 5. The first-order chi connectivity index (χ1) is 33.5. The van der Waals surface area contributed by atoms with Gasteiger partial charge >= 0.3 is 0 Å². The number of aryl methyl sites for hydroxylation is 1.